The standard InChI is InChI=1S/C14H10ClN3O/c1-9-6-8-17-14(18-9)19-12-5-4-11(15)10-3-2-7-16-13(10)12/h2-8H,1H3. The first kappa shape index (κ1) is 11.9. The maximum absolute atomic E-state index is 6.13. The van der Waals surface area contributed by atoms with Crippen LogP contribution < -0.4 is 4.74 Å². The molecule has 3 rings (SSSR count). The van der Waals surface area contributed by atoms with Gasteiger partial charge in [-0.2, -0.15) is 0 Å². The van der Waals surface area contributed by atoms with E-state index >= 15 is 0 Å². The van der Waals surface area contributed by atoms with Crippen molar-refractivity contribution in [1.82, 2.24) is 15.0 Å². The fraction of sp³-hybridized carbons (Fsp3) is 0.0714. The number of hydrogen-bond acceptors (Lipinski definition) is 4. The predicted octanol–water partition coefficient (Wildman–Crippen LogP) is 3.78. The first-order valence-electron chi connectivity index (χ1n) is 5.75. The van der Waals surface area contributed by atoms with Crippen LogP contribution in [0.4, 0.5) is 0 Å². The largest absolute Gasteiger partial charge is 0.422 e. The molecule has 0 atom stereocenters. The highest BCUT2D eigenvalue weighted by atomic mass is 35.5. The Kier molecular flexibility index (Phi) is 3.01. The van der Waals surface area contributed by atoms with E-state index in [4.69, 9.17) is 16.3 Å². The molecule has 3 aromatic rings. The van der Waals surface area contributed by atoms with Crippen molar-refractivity contribution in [2.24, 2.45) is 0 Å². The molecular formula is C14H10ClN3O. The summed E-state index contributed by atoms with van der Waals surface area (Å²) in [5.41, 5.74) is 1.54. The van der Waals surface area contributed by atoms with Gasteiger partial charge in [0.1, 0.15) is 5.52 Å². The summed E-state index contributed by atoms with van der Waals surface area (Å²) in [6.07, 6.45) is 3.35. The minimum absolute atomic E-state index is 0.300. The van der Waals surface area contributed by atoms with Crippen molar-refractivity contribution >= 4 is 22.5 Å². The van der Waals surface area contributed by atoms with Crippen LogP contribution >= 0.6 is 11.6 Å². The molecule has 0 unspecified atom stereocenters. The number of halogens is 1. The molecule has 19 heavy (non-hydrogen) atoms. The number of ether oxygens (including phenoxy) is 1. The normalized spacial score (nSPS) is 10.6. The number of aryl methyl sites for hydroxylation is 1. The number of aromatic nitrogens is 3. The molecule has 0 fully saturated rings. The predicted molar refractivity (Wildman–Crippen MR) is 73.6 cm³/mol. The summed E-state index contributed by atoms with van der Waals surface area (Å²) in [7, 11) is 0. The van der Waals surface area contributed by atoms with E-state index in [1.165, 1.54) is 0 Å². The fourth-order valence-electron chi connectivity index (χ4n) is 1.77. The Labute approximate surface area is 115 Å². The summed E-state index contributed by atoms with van der Waals surface area (Å²) in [4.78, 5) is 12.6. The van der Waals surface area contributed by atoms with Crippen molar-refractivity contribution in [3.63, 3.8) is 0 Å². The van der Waals surface area contributed by atoms with Gasteiger partial charge in [-0.3, -0.25) is 4.98 Å². The van der Waals surface area contributed by atoms with Crippen molar-refractivity contribution in [3.8, 4) is 11.8 Å². The first-order valence-corrected chi connectivity index (χ1v) is 6.12. The second-order valence-corrected chi connectivity index (χ2v) is 4.43. The van der Waals surface area contributed by atoms with Crippen LogP contribution in [-0.2, 0) is 0 Å². The highest BCUT2D eigenvalue weighted by molar-refractivity contribution is 6.35. The molecule has 0 aliphatic rings. The molecule has 5 heteroatoms. The summed E-state index contributed by atoms with van der Waals surface area (Å²) in [6.45, 7) is 1.88. The van der Waals surface area contributed by atoms with E-state index in [0.29, 0.717) is 22.3 Å². The highest BCUT2D eigenvalue weighted by Gasteiger charge is 2.09. The zero-order valence-electron chi connectivity index (χ0n) is 10.2. The van der Waals surface area contributed by atoms with Gasteiger partial charge in [0.2, 0.25) is 0 Å². The third-order valence-electron chi connectivity index (χ3n) is 2.65. The molecular weight excluding hydrogens is 262 g/mol. The van der Waals surface area contributed by atoms with Crippen molar-refractivity contribution in [1.29, 1.82) is 0 Å². The van der Waals surface area contributed by atoms with Gasteiger partial charge in [0.25, 0.3) is 0 Å². The molecule has 0 spiro atoms. The topological polar surface area (TPSA) is 47.9 Å². The van der Waals surface area contributed by atoms with Crippen LogP contribution in [0.25, 0.3) is 10.9 Å². The Hall–Kier alpha value is -2.20. The van der Waals surface area contributed by atoms with Crippen molar-refractivity contribution in [3.05, 3.63) is 53.4 Å². The van der Waals surface area contributed by atoms with Gasteiger partial charge >= 0.3 is 6.01 Å². The Balaban J connectivity index is 2.09. The summed E-state index contributed by atoms with van der Waals surface area (Å²) >= 11 is 6.13. The number of benzene rings is 1. The van der Waals surface area contributed by atoms with Crippen LogP contribution in [0, 0.1) is 6.92 Å². The van der Waals surface area contributed by atoms with Crippen LogP contribution in [0.3, 0.4) is 0 Å². The van der Waals surface area contributed by atoms with Gasteiger partial charge in [-0.1, -0.05) is 11.6 Å². The van der Waals surface area contributed by atoms with Gasteiger partial charge in [-0.25, -0.2) is 9.97 Å². The molecule has 0 N–H and O–H groups in total. The molecule has 0 bridgehead atoms. The van der Waals surface area contributed by atoms with E-state index in [1.54, 1.807) is 24.5 Å². The molecule has 0 aliphatic carbocycles. The third-order valence-corrected chi connectivity index (χ3v) is 2.98. The SMILES string of the molecule is Cc1ccnc(Oc2ccc(Cl)c3cccnc23)n1. The van der Waals surface area contributed by atoms with E-state index < -0.39 is 0 Å². The average Bonchev–Trinajstić information content (AvgIpc) is 2.42. The van der Waals surface area contributed by atoms with Crippen LogP contribution in [0.15, 0.2) is 42.7 Å². The maximum atomic E-state index is 6.13. The zero-order chi connectivity index (χ0) is 13.2. The van der Waals surface area contributed by atoms with Crippen LogP contribution in [0.1, 0.15) is 5.69 Å². The Morgan fingerprint density at radius 2 is 1.95 bits per heavy atom. The van der Waals surface area contributed by atoms with Gasteiger partial charge in [0.15, 0.2) is 5.75 Å². The summed E-state index contributed by atoms with van der Waals surface area (Å²) in [5.74, 6) is 0.589. The molecule has 0 amide bonds. The number of rotatable bonds is 2. The van der Waals surface area contributed by atoms with E-state index in [0.717, 1.165) is 11.1 Å². The second kappa shape index (κ2) is 4.82. The van der Waals surface area contributed by atoms with Gasteiger partial charge in [-0.05, 0) is 37.3 Å². The lowest BCUT2D eigenvalue weighted by atomic mass is 10.2. The lowest BCUT2D eigenvalue weighted by Crippen LogP contribution is -1.94. The third kappa shape index (κ3) is 2.35. The van der Waals surface area contributed by atoms with Crippen LogP contribution in [-0.4, -0.2) is 15.0 Å². The quantitative estimate of drug-likeness (QED) is 0.712. The number of nitrogens with zero attached hydrogens (tertiary/aromatic N) is 3. The van der Waals surface area contributed by atoms with Crippen molar-refractivity contribution in [2.45, 2.75) is 6.92 Å². The summed E-state index contributed by atoms with van der Waals surface area (Å²) in [5, 5.41) is 1.48. The molecule has 0 aliphatic heterocycles. The number of fused-ring (bicyclic) bond motifs is 1. The molecule has 0 saturated carbocycles. The molecule has 4 nitrogen and oxygen atoms in total. The Morgan fingerprint density at radius 3 is 2.79 bits per heavy atom. The molecule has 2 heterocycles. The van der Waals surface area contributed by atoms with E-state index in [-0.39, 0.29) is 0 Å². The molecule has 1 aromatic carbocycles. The average molecular weight is 272 g/mol. The smallest absolute Gasteiger partial charge is 0.322 e. The maximum Gasteiger partial charge on any atom is 0.322 e. The van der Waals surface area contributed by atoms with Crippen molar-refractivity contribution in [2.75, 3.05) is 0 Å². The Morgan fingerprint density at radius 1 is 1.05 bits per heavy atom. The second-order valence-electron chi connectivity index (χ2n) is 4.03. The molecule has 94 valence electrons. The van der Waals surface area contributed by atoms with Gasteiger partial charge in [0, 0.05) is 23.5 Å². The lowest BCUT2D eigenvalue weighted by molar-refractivity contribution is 0.444. The number of hydrogen-bond donors (Lipinski definition) is 0. The minimum atomic E-state index is 0.300. The van der Waals surface area contributed by atoms with Crippen molar-refractivity contribution < 1.29 is 4.74 Å². The minimum Gasteiger partial charge on any atom is -0.422 e. The summed E-state index contributed by atoms with van der Waals surface area (Å²) < 4.78 is 5.68. The molecule has 2 aromatic heterocycles. The lowest BCUT2D eigenvalue weighted by Gasteiger charge is -2.07. The van der Waals surface area contributed by atoms with Gasteiger partial charge < -0.3 is 4.74 Å². The first-order chi connectivity index (χ1) is 9.24. The summed E-state index contributed by atoms with van der Waals surface area (Å²) in [6, 6.07) is 9.38. The van der Waals surface area contributed by atoms with Crippen LogP contribution in [0.5, 0.6) is 11.8 Å². The van der Waals surface area contributed by atoms with Crippen LogP contribution in [0.2, 0.25) is 5.02 Å². The van der Waals surface area contributed by atoms with E-state index in [1.807, 2.05) is 25.1 Å². The molecule has 0 saturated heterocycles. The van der Waals surface area contributed by atoms with Gasteiger partial charge in [-0.15, -0.1) is 0 Å². The zero-order valence-corrected chi connectivity index (χ0v) is 10.9. The fourth-order valence-corrected chi connectivity index (χ4v) is 1.98. The molecule has 0 radical (unpaired) electrons. The Bertz CT molecular complexity index is 746. The van der Waals surface area contributed by atoms with E-state index in [2.05, 4.69) is 15.0 Å². The number of pyridine rings is 1. The van der Waals surface area contributed by atoms with E-state index in [9.17, 15) is 0 Å². The monoisotopic (exact) mass is 271 g/mol. The van der Waals surface area contributed by atoms with Gasteiger partial charge in [0.05, 0.1) is 5.02 Å². The highest BCUT2D eigenvalue weighted by Crippen LogP contribution is 2.31.